The van der Waals surface area contributed by atoms with E-state index in [0.717, 1.165) is 6.21 Å². The predicted octanol–water partition coefficient (Wildman–Crippen LogP) is -0.261. The Morgan fingerprint density at radius 1 is 1.75 bits per heavy atom. The Morgan fingerprint density at radius 2 is 2.50 bits per heavy atom. The SMILES string of the molecule is N#Cc1nc(/C=N/O)cnc1N. The zero-order valence-electron chi connectivity index (χ0n) is 5.97. The van der Waals surface area contributed by atoms with Gasteiger partial charge in [-0.05, 0) is 0 Å². The van der Waals surface area contributed by atoms with Gasteiger partial charge in [0.05, 0.1) is 12.4 Å². The van der Waals surface area contributed by atoms with E-state index in [1.54, 1.807) is 6.07 Å². The number of nitrogens with two attached hydrogens (primary N) is 1. The first kappa shape index (κ1) is 7.94. The largest absolute Gasteiger partial charge is 0.411 e. The van der Waals surface area contributed by atoms with Crippen LogP contribution >= 0.6 is 0 Å². The van der Waals surface area contributed by atoms with E-state index >= 15 is 0 Å². The first-order chi connectivity index (χ1) is 5.77. The van der Waals surface area contributed by atoms with E-state index < -0.39 is 0 Å². The highest BCUT2D eigenvalue weighted by atomic mass is 16.4. The summed E-state index contributed by atoms with van der Waals surface area (Å²) < 4.78 is 0. The van der Waals surface area contributed by atoms with Gasteiger partial charge in [0.15, 0.2) is 11.5 Å². The number of oxime groups is 1. The molecule has 0 bridgehead atoms. The van der Waals surface area contributed by atoms with Crippen LogP contribution in [0.2, 0.25) is 0 Å². The molecule has 12 heavy (non-hydrogen) atoms. The van der Waals surface area contributed by atoms with Crippen LogP contribution in [0.4, 0.5) is 5.82 Å². The van der Waals surface area contributed by atoms with Gasteiger partial charge in [0.25, 0.3) is 0 Å². The zero-order valence-corrected chi connectivity index (χ0v) is 5.97. The molecule has 0 amide bonds. The lowest BCUT2D eigenvalue weighted by atomic mass is 10.4. The van der Waals surface area contributed by atoms with Crippen molar-refractivity contribution in [2.75, 3.05) is 5.73 Å². The van der Waals surface area contributed by atoms with Gasteiger partial charge in [0.1, 0.15) is 11.8 Å². The van der Waals surface area contributed by atoms with E-state index in [-0.39, 0.29) is 17.2 Å². The lowest BCUT2D eigenvalue weighted by Crippen LogP contribution is -2.00. The predicted molar refractivity (Wildman–Crippen MR) is 40.5 cm³/mol. The van der Waals surface area contributed by atoms with Crippen LogP contribution in [-0.2, 0) is 0 Å². The highest BCUT2D eigenvalue weighted by Gasteiger charge is 2.01. The fraction of sp³-hybridized carbons (Fsp3) is 0. The molecular formula is C6H5N5O. The molecule has 6 nitrogen and oxygen atoms in total. The number of hydrogen-bond acceptors (Lipinski definition) is 6. The number of hydrogen-bond donors (Lipinski definition) is 2. The third-order valence-electron chi connectivity index (χ3n) is 1.12. The van der Waals surface area contributed by atoms with Crippen molar-refractivity contribution in [1.29, 1.82) is 5.26 Å². The molecule has 60 valence electrons. The molecule has 0 radical (unpaired) electrons. The van der Waals surface area contributed by atoms with Crippen molar-refractivity contribution in [1.82, 2.24) is 9.97 Å². The van der Waals surface area contributed by atoms with Crippen molar-refractivity contribution in [2.45, 2.75) is 0 Å². The molecule has 3 N–H and O–H groups in total. The van der Waals surface area contributed by atoms with Gasteiger partial charge in [-0.3, -0.25) is 0 Å². The molecule has 0 aliphatic rings. The number of nitrogens with zero attached hydrogens (tertiary/aromatic N) is 4. The summed E-state index contributed by atoms with van der Waals surface area (Å²) in [6.07, 6.45) is 2.36. The van der Waals surface area contributed by atoms with E-state index in [2.05, 4.69) is 15.1 Å². The molecule has 0 saturated carbocycles. The highest BCUT2D eigenvalue weighted by Crippen LogP contribution is 2.02. The second-order valence-electron chi connectivity index (χ2n) is 1.89. The number of nitriles is 1. The molecule has 1 rings (SSSR count). The van der Waals surface area contributed by atoms with E-state index in [1.165, 1.54) is 6.20 Å². The lowest BCUT2D eigenvalue weighted by Gasteiger charge is -1.94. The van der Waals surface area contributed by atoms with Gasteiger partial charge in [0.2, 0.25) is 0 Å². The van der Waals surface area contributed by atoms with Crippen molar-refractivity contribution >= 4 is 12.0 Å². The zero-order chi connectivity index (χ0) is 8.97. The Balaban J connectivity index is 3.16. The van der Waals surface area contributed by atoms with Crippen LogP contribution in [0, 0.1) is 11.3 Å². The number of rotatable bonds is 1. The summed E-state index contributed by atoms with van der Waals surface area (Å²) in [5, 5.41) is 19.3. The standard InChI is InChI=1S/C6H5N5O/c7-1-5-6(8)9-2-4(11-5)3-10-12/h2-3,12H,(H2,8,9)/b10-3+. The van der Waals surface area contributed by atoms with Crippen molar-refractivity contribution in [3.8, 4) is 6.07 Å². The molecule has 1 heterocycles. The second-order valence-corrected chi connectivity index (χ2v) is 1.89. The quantitative estimate of drug-likeness (QED) is 0.336. The maximum absolute atomic E-state index is 8.47. The Hall–Kier alpha value is -2.16. The van der Waals surface area contributed by atoms with Gasteiger partial charge >= 0.3 is 0 Å². The molecule has 0 unspecified atom stereocenters. The van der Waals surface area contributed by atoms with Crippen molar-refractivity contribution in [2.24, 2.45) is 5.16 Å². The Morgan fingerprint density at radius 3 is 3.08 bits per heavy atom. The molecular weight excluding hydrogens is 158 g/mol. The lowest BCUT2D eigenvalue weighted by molar-refractivity contribution is 0.321. The van der Waals surface area contributed by atoms with Crippen LogP contribution in [0.25, 0.3) is 0 Å². The summed E-state index contributed by atoms with van der Waals surface area (Å²) in [6, 6.07) is 1.75. The second kappa shape index (κ2) is 3.30. The maximum atomic E-state index is 8.47. The molecule has 0 aromatic carbocycles. The Kier molecular flexibility index (Phi) is 2.18. The van der Waals surface area contributed by atoms with Crippen LogP contribution in [0.5, 0.6) is 0 Å². The molecule has 0 atom stereocenters. The number of anilines is 1. The minimum Gasteiger partial charge on any atom is -0.411 e. The van der Waals surface area contributed by atoms with Crippen molar-refractivity contribution in [3.63, 3.8) is 0 Å². The van der Waals surface area contributed by atoms with Gasteiger partial charge in [-0.1, -0.05) is 5.16 Å². The molecule has 1 aromatic rings. The summed E-state index contributed by atoms with van der Waals surface area (Å²) in [5.41, 5.74) is 5.59. The third-order valence-corrected chi connectivity index (χ3v) is 1.12. The van der Waals surface area contributed by atoms with E-state index in [1.807, 2.05) is 0 Å². The van der Waals surface area contributed by atoms with Crippen LogP contribution in [0.1, 0.15) is 11.4 Å². The van der Waals surface area contributed by atoms with Crippen LogP contribution < -0.4 is 5.73 Å². The van der Waals surface area contributed by atoms with Crippen LogP contribution in [-0.4, -0.2) is 21.4 Å². The molecule has 1 aromatic heterocycles. The molecule has 0 fully saturated rings. The fourth-order valence-corrected chi connectivity index (χ4v) is 0.616. The number of aromatic nitrogens is 2. The summed E-state index contributed by atoms with van der Waals surface area (Å²) in [5.74, 6) is 0.0626. The molecule has 0 aliphatic carbocycles. The Bertz CT molecular complexity index is 353. The van der Waals surface area contributed by atoms with E-state index in [4.69, 9.17) is 16.2 Å². The van der Waals surface area contributed by atoms with E-state index in [9.17, 15) is 0 Å². The van der Waals surface area contributed by atoms with Crippen LogP contribution in [0.15, 0.2) is 11.4 Å². The van der Waals surface area contributed by atoms with Gasteiger partial charge in [-0.15, -0.1) is 0 Å². The molecule has 0 spiro atoms. The Labute approximate surface area is 68.0 Å². The fourth-order valence-electron chi connectivity index (χ4n) is 0.616. The monoisotopic (exact) mass is 163 g/mol. The summed E-state index contributed by atoms with van der Waals surface area (Å²) in [7, 11) is 0. The van der Waals surface area contributed by atoms with Crippen molar-refractivity contribution in [3.05, 3.63) is 17.6 Å². The molecule has 6 heteroatoms. The van der Waals surface area contributed by atoms with Gasteiger partial charge in [-0.25, -0.2) is 9.97 Å². The maximum Gasteiger partial charge on any atom is 0.183 e. The molecule has 0 saturated heterocycles. The van der Waals surface area contributed by atoms with Gasteiger partial charge < -0.3 is 10.9 Å². The minimum atomic E-state index is 0.0207. The highest BCUT2D eigenvalue weighted by molar-refractivity contribution is 5.76. The smallest absolute Gasteiger partial charge is 0.183 e. The first-order valence-electron chi connectivity index (χ1n) is 2.98. The normalized spacial score (nSPS) is 9.92. The topological polar surface area (TPSA) is 108 Å². The van der Waals surface area contributed by atoms with E-state index in [0.29, 0.717) is 0 Å². The average Bonchev–Trinajstić information content (AvgIpc) is 2.09. The summed E-state index contributed by atoms with van der Waals surface area (Å²) >= 11 is 0. The minimum absolute atomic E-state index is 0.0207. The number of nitrogen functional groups attached to an aromatic ring is 1. The molecule has 0 aliphatic heterocycles. The van der Waals surface area contributed by atoms with Crippen LogP contribution in [0.3, 0.4) is 0 Å². The third kappa shape index (κ3) is 1.46. The van der Waals surface area contributed by atoms with Gasteiger partial charge in [0, 0.05) is 0 Å². The average molecular weight is 163 g/mol. The first-order valence-corrected chi connectivity index (χ1v) is 2.98. The van der Waals surface area contributed by atoms with Crippen molar-refractivity contribution < 1.29 is 5.21 Å². The van der Waals surface area contributed by atoms with Gasteiger partial charge in [-0.2, -0.15) is 5.26 Å². The summed E-state index contributed by atoms with van der Waals surface area (Å²) in [6.45, 7) is 0. The summed E-state index contributed by atoms with van der Waals surface area (Å²) in [4.78, 5) is 7.38.